The molecule has 2 fully saturated rings. The lowest BCUT2D eigenvalue weighted by Crippen LogP contribution is -2.52. The van der Waals surface area contributed by atoms with E-state index in [0.29, 0.717) is 17.0 Å². The van der Waals surface area contributed by atoms with Crippen molar-refractivity contribution in [2.75, 3.05) is 18.0 Å². The van der Waals surface area contributed by atoms with Gasteiger partial charge in [-0.05, 0) is 67.9 Å². The number of halogens is 1. The molecule has 0 N–H and O–H groups in total. The zero-order valence-electron chi connectivity index (χ0n) is 20.6. The Balaban J connectivity index is 1.37. The molecular weight excluding hydrogens is 452 g/mol. The summed E-state index contributed by atoms with van der Waals surface area (Å²) in [4.78, 5) is 18.6. The first-order chi connectivity index (χ1) is 17.1. The Hall–Kier alpha value is -2.62. The normalized spacial score (nSPS) is 21.5. The minimum atomic E-state index is 0.0504. The maximum atomic E-state index is 13.9. The number of amides is 1. The van der Waals surface area contributed by atoms with Gasteiger partial charge in [-0.15, -0.1) is 0 Å². The summed E-state index contributed by atoms with van der Waals surface area (Å²) >= 11 is 6.64. The van der Waals surface area contributed by atoms with Gasteiger partial charge in [-0.1, -0.05) is 85.1 Å². The van der Waals surface area contributed by atoms with Crippen LogP contribution in [0.5, 0.6) is 0 Å². The highest BCUT2D eigenvalue weighted by molar-refractivity contribution is 6.34. The molecule has 1 saturated carbocycles. The van der Waals surface area contributed by atoms with Gasteiger partial charge in [-0.3, -0.25) is 9.69 Å². The summed E-state index contributed by atoms with van der Waals surface area (Å²) in [5.41, 5.74) is 4.05. The summed E-state index contributed by atoms with van der Waals surface area (Å²) in [6.45, 7) is 4.04. The van der Waals surface area contributed by atoms with Gasteiger partial charge in [0, 0.05) is 30.7 Å². The summed E-state index contributed by atoms with van der Waals surface area (Å²) in [5, 5.41) is 0.633. The molecule has 0 bridgehead atoms. The van der Waals surface area contributed by atoms with Crippen molar-refractivity contribution in [3.63, 3.8) is 0 Å². The predicted octanol–water partition coefficient (Wildman–Crippen LogP) is 7.49. The van der Waals surface area contributed by atoms with Gasteiger partial charge in [0.05, 0.1) is 10.7 Å². The van der Waals surface area contributed by atoms with E-state index in [4.69, 9.17) is 11.6 Å². The van der Waals surface area contributed by atoms with Crippen molar-refractivity contribution in [2.45, 2.75) is 63.5 Å². The molecule has 1 aliphatic heterocycles. The van der Waals surface area contributed by atoms with Crippen molar-refractivity contribution in [3.8, 4) is 0 Å². The number of para-hydroxylation sites is 1. The van der Waals surface area contributed by atoms with Crippen LogP contribution >= 0.6 is 11.6 Å². The van der Waals surface area contributed by atoms with Crippen molar-refractivity contribution in [1.82, 2.24) is 4.90 Å². The first kappa shape index (κ1) is 24.1. The summed E-state index contributed by atoms with van der Waals surface area (Å²) < 4.78 is 0. The topological polar surface area (TPSA) is 23.6 Å². The lowest BCUT2D eigenvalue weighted by Gasteiger charge is -2.45. The van der Waals surface area contributed by atoms with Gasteiger partial charge >= 0.3 is 0 Å². The first-order valence-electron chi connectivity index (χ1n) is 13.1. The fraction of sp³-hybridized carbons (Fsp3) is 0.387. The molecule has 1 heterocycles. The maximum Gasteiger partial charge on any atom is 0.258 e. The molecule has 2 atom stereocenters. The highest BCUT2D eigenvalue weighted by atomic mass is 35.5. The second kappa shape index (κ2) is 11.0. The molecule has 3 aromatic rings. The number of carbonyl (C=O) groups excluding carboxylic acids is 1. The molecule has 4 heteroatoms. The minimum absolute atomic E-state index is 0.0504. The van der Waals surface area contributed by atoms with Crippen LogP contribution in [0.2, 0.25) is 5.02 Å². The molecule has 35 heavy (non-hydrogen) atoms. The molecule has 0 aromatic heterocycles. The molecule has 1 saturated heterocycles. The Bertz CT molecular complexity index is 1140. The van der Waals surface area contributed by atoms with Gasteiger partial charge in [0.1, 0.15) is 0 Å². The second-order valence-corrected chi connectivity index (χ2v) is 10.5. The average molecular weight is 487 g/mol. The van der Waals surface area contributed by atoms with Crippen molar-refractivity contribution >= 4 is 23.2 Å². The van der Waals surface area contributed by atoms with E-state index in [-0.39, 0.29) is 11.9 Å². The van der Waals surface area contributed by atoms with Crippen molar-refractivity contribution < 1.29 is 4.79 Å². The molecule has 0 spiro atoms. The van der Waals surface area contributed by atoms with E-state index in [1.807, 2.05) is 60.4 Å². The molecule has 5 rings (SSSR count). The third-order valence-corrected chi connectivity index (χ3v) is 8.32. The highest BCUT2D eigenvalue weighted by Gasteiger charge is 2.36. The van der Waals surface area contributed by atoms with Gasteiger partial charge in [0.25, 0.3) is 5.91 Å². The average Bonchev–Trinajstić information content (AvgIpc) is 2.91. The van der Waals surface area contributed by atoms with Gasteiger partial charge in [-0.2, -0.15) is 0 Å². The number of hydrogen-bond donors (Lipinski definition) is 0. The molecular formula is C31H35ClN2O. The van der Waals surface area contributed by atoms with E-state index in [9.17, 15) is 4.79 Å². The lowest BCUT2D eigenvalue weighted by molar-refractivity contribution is 0.0894. The number of carbonyl (C=O) groups is 1. The summed E-state index contributed by atoms with van der Waals surface area (Å²) in [5.74, 6) is 0.657. The smallest absolute Gasteiger partial charge is 0.258 e. The number of likely N-dealkylation sites (tertiary alicyclic amines) is 1. The molecule has 3 aromatic carbocycles. The van der Waals surface area contributed by atoms with E-state index >= 15 is 0 Å². The van der Waals surface area contributed by atoms with Crippen LogP contribution in [-0.4, -0.2) is 36.0 Å². The van der Waals surface area contributed by atoms with E-state index in [1.54, 1.807) is 0 Å². The SMILES string of the molecule is Cc1ccccc1C(=O)N(c1ccccc1Cl)C1CCN(C2CCCCC2c2ccccc2)CC1. The monoisotopic (exact) mass is 486 g/mol. The van der Waals surface area contributed by atoms with E-state index in [0.717, 1.165) is 42.7 Å². The minimum Gasteiger partial charge on any atom is -0.304 e. The zero-order valence-corrected chi connectivity index (χ0v) is 21.3. The van der Waals surface area contributed by atoms with Crippen molar-refractivity contribution in [3.05, 3.63) is 101 Å². The maximum absolute atomic E-state index is 13.9. The Morgan fingerprint density at radius 1 is 0.829 bits per heavy atom. The summed E-state index contributed by atoms with van der Waals surface area (Å²) in [7, 11) is 0. The number of hydrogen-bond acceptors (Lipinski definition) is 2. The lowest BCUT2D eigenvalue weighted by atomic mass is 9.78. The molecule has 0 radical (unpaired) electrons. The predicted molar refractivity (Wildman–Crippen MR) is 145 cm³/mol. The Kier molecular flexibility index (Phi) is 7.55. The van der Waals surface area contributed by atoms with Crippen LogP contribution in [-0.2, 0) is 0 Å². The largest absolute Gasteiger partial charge is 0.304 e. The van der Waals surface area contributed by atoms with Crippen LogP contribution in [0, 0.1) is 6.92 Å². The number of benzene rings is 3. The van der Waals surface area contributed by atoms with E-state index in [1.165, 1.54) is 31.2 Å². The molecule has 2 aliphatic rings. The molecule has 2 unspecified atom stereocenters. The van der Waals surface area contributed by atoms with E-state index < -0.39 is 0 Å². The molecule has 1 amide bonds. The Morgan fingerprint density at radius 2 is 1.49 bits per heavy atom. The zero-order chi connectivity index (χ0) is 24.2. The number of aryl methyl sites for hydroxylation is 1. The Labute approximate surface area is 214 Å². The summed E-state index contributed by atoms with van der Waals surface area (Å²) in [6.07, 6.45) is 7.08. The van der Waals surface area contributed by atoms with Crippen LogP contribution in [0.15, 0.2) is 78.9 Å². The Morgan fingerprint density at radius 3 is 2.23 bits per heavy atom. The highest BCUT2D eigenvalue weighted by Crippen LogP contribution is 2.38. The van der Waals surface area contributed by atoms with Crippen LogP contribution < -0.4 is 4.90 Å². The van der Waals surface area contributed by atoms with Crippen molar-refractivity contribution in [1.29, 1.82) is 0 Å². The van der Waals surface area contributed by atoms with Crippen molar-refractivity contribution in [2.24, 2.45) is 0 Å². The van der Waals surface area contributed by atoms with Crippen LogP contribution in [0.25, 0.3) is 0 Å². The van der Waals surface area contributed by atoms with Gasteiger partial charge in [0.2, 0.25) is 0 Å². The number of nitrogens with zero attached hydrogens (tertiary/aromatic N) is 2. The van der Waals surface area contributed by atoms with Crippen LogP contribution in [0.1, 0.15) is 65.9 Å². The van der Waals surface area contributed by atoms with E-state index in [2.05, 4.69) is 35.2 Å². The number of anilines is 1. The first-order valence-corrected chi connectivity index (χ1v) is 13.4. The number of piperidine rings is 1. The second-order valence-electron chi connectivity index (χ2n) is 10.1. The summed E-state index contributed by atoms with van der Waals surface area (Å²) in [6, 6.07) is 27.4. The van der Waals surface area contributed by atoms with Crippen LogP contribution in [0.3, 0.4) is 0 Å². The van der Waals surface area contributed by atoms with Gasteiger partial charge < -0.3 is 4.90 Å². The fourth-order valence-electron chi connectivity index (χ4n) is 6.17. The third-order valence-electron chi connectivity index (χ3n) is 8.00. The van der Waals surface area contributed by atoms with Gasteiger partial charge in [-0.25, -0.2) is 0 Å². The fourth-order valence-corrected chi connectivity index (χ4v) is 6.40. The quantitative estimate of drug-likeness (QED) is 0.373. The van der Waals surface area contributed by atoms with Crippen LogP contribution in [0.4, 0.5) is 5.69 Å². The number of rotatable bonds is 5. The molecule has 3 nitrogen and oxygen atoms in total. The third kappa shape index (κ3) is 5.17. The molecule has 182 valence electrons. The molecule has 1 aliphatic carbocycles. The standard InChI is InChI=1S/C31H35ClN2O/c1-23-11-5-6-14-26(23)31(35)34(30-18-10-8-16-28(30)32)25-19-21-33(22-20-25)29-17-9-7-15-27(29)24-12-3-2-4-13-24/h2-6,8,10-14,16,18,25,27,29H,7,9,15,17,19-22H2,1H3. The van der Waals surface area contributed by atoms with Gasteiger partial charge in [0.15, 0.2) is 0 Å².